The molecule has 0 bridgehead atoms. The fourth-order valence-electron chi connectivity index (χ4n) is 9.52. The van der Waals surface area contributed by atoms with Crippen LogP contribution in [0, 0.1) is 0 Å². The van der Waals surface area contributed by atoms with E-state index in [0.29, 0.717) is 37.3 Å². The predicted octanol–water partition coefficient (Wildman–Crippen LogP) is 6.61. The molecule has 4 aliphatic rings. The molecule has 3 atom stereocenters. The van der Waals surface area contributed by atoms with E-state index in [1.165, 1.54) is 39.8 Å². The van der Waals surface area contributed by atoms with Gasteiger partial charge in [0.2, 0.25) is 12.4 Å². The van der Waals surface area contributed by atoms with Crippen molar-refractivity contribution in [2.75, 3.05) is 62.4 Å². The van der Waals surface area contributed by atoms with Crippen LogP contribution in [0.25, 0.3) is 10.9 Å². The summed E-state index contributed by atoms with van der Waals surface area (Å²) < 4.78 is 4.48. The normalized spacial score (nSPS) is 21.5. The van der Waals surface area contributed by atoms with Gasteiger partial charge in [-0.3, -0.25) is 14.4 Å². The first-order valence-electron chi connectivity index (χ1n) is 22.7. The molecule has 15 heteroatoms. The number of fused-ring (bicyclic) bond motifs is 1. The number of aryl methyl sites for hydroxylation is 1. The van der Waals surface area contributed by atoms with Gasteiger partial charge in [-0.05, 0) is 125 Å². The number of rotatable bonds is 16. The number of carbonyl (C=O) groups is 3. The number of aliphatic hydroxyl groups is 1. The Morgan fingerprint density at radius 2 is 1.76 bits per heavy atom. The number of nitrogens with zero attached hydrogens (tertiary/aromatic N) is 7. The summed E-state index contributed by atoms with van der Waals surface area (Å²) in [6.07, 6.45) is 15.3. The van der Waals surface area contributed by atoms with Crippen LogP contribution in [-0.2, 0) is 26.8 Å². The van der Waals surface area contributed by atoms with E-state index in [9.17, 15) is 19.5 Å². The van der Waals surface area contributed by atoms with Crippen LogP contribution in [0.5, 0.6) is 0 Å². The van der Waals surface area contributed by atoms with Gasteiger partial charge in [0.25, 0.3) is 0 Å². The molecule has 0 radical (unpaired) electrons. The van der Waals surface area contributed by atoms with Crippen LogP contribution in [0.2, 0.25) is 0 Å². The molecular formula is C47H66N10O4S. The Balaban J connectivity index is 0.000000762. The lowest BCUT2D eigenvalue weighted by atomic mass is 9.88. The van der Waals surface area contributed by atoms with Crippen LogP contribution >= 0.6 is 11.9 Å². The molecule has 62 heavy (non-hydrogen) atoms. The average Bonchev–Trinajstić information content (AvgIpc) is 4.08. The SMILES string of the molecule is CNc1nn(C)c2cc(C3CCN([C@@H](C)c4cccc(SN5CCC(Nc6ncc(C7(C=O)CC7)c(N(C)C7CCCCC[C@@H]7O)n6)CC5)c4)CC3)ccc12.O=CCCNC=O. The topological polar surface area (TPSA) is 161 Å². The Morgan fingerprint density at radius 3 is 2.47 bits per heavy atom. The standard InChI is InChI=1S/C43H59N9O2S.C4H7NO2/c1-29(51-21-15-30(16-22-51)32-13-14-35-38(26-32)50(4)48-40(35)44-2)31-9-8-10-34(25-31)55-52-23-17-33(18-24-52)46-42-45-27-36(43(28-53)19-20-43)41(47-42)49(3)37-11-6-5-7-12-39(37)54;6-3-1-2-5-4-7/h8-10,13-14,25-30,33,37,39,54H,5-7,11-12,15-24H2,1-4H3,(H,44,48)(H,45,46,47);3-4H,1-2H2,(H,5,7)/t29-,37?,39-;/m0./s1. The van der Waals surface area contributed by atoms with Crippen LogP contribution in [0.15, 0.2) is 53.6 Å². The van der Waals surface area contributed by atoms with Crippen LogP contribution in [-0.4, -0.2) is 118 Å². The van der Waals surface area contributed by atoms with E-state index in [0.717, 1.165) is 114 Å². The zero-order valence-corrected chi connectivity index (χ0v) is 37.8. The third-order valence-corrected chi connectivity index (χ3v) is 14.7. The van der Waals surface area contributed by atoms with Gasteiger partial charge in [-0.2, -0.15) is 10.1 Å². The lowest BCUT2D eigenvalue weighted by molar-refractivity contribution is -0.110. The Labute approximate surface area is 371 Å². The van der Waals surface area contributed by atoms with Gasteiger partial charge >= 0.3 is 0 Å². The van der Waals surface area contributed by atoms with Crippen molar-refractivity contribution < 1.29 is 19.5 Å². The number of likely N-dealkylation sites (N-methyl/N-ethyl adjacent to an activating group) is 1. The maximum Gasteiger partial charge on any atom is 0.224 e. The summed E-state index contributed by atoms with van der Waals surface area (Å²) in [6, 6.07) is 16.7. The minimum absolute atomic E-state index is 0.00737. The third-order valence-electron chi connectivity index (χ3n) is 13.6. The quantitative estimate of drug-likeness (QED) is 0.0413. The largest absolute Gasteiger partial charge is 0.391 e. The second-order valence-corrected chi connectivity index (χ2v) is 18.8. The molecule has 2 saturated carbocycles. The average molecular weight is 867 g/mol. The number of hydrogen-bond acceptors (Lipinski definition) is 13. The number of piperidine rings is 2. The van der Waals surface area contributed by atoms with Crippen molar-refractivity contribution in [3.63, 3.8) is 0 Å². The van der Waals surface area contributed by atoms with E-state index in [1.807, 2.05) is 44.0 Å². The van der Waals surface area contributed by atoms with Gasteiger partial charge < -0.3 is 35.5 Å². The summed E-state index contributed by atoms with van der Waals surface area (Å²) in [5, 5.41) is 26.0. The van der Waals surface area contributed by atoms with E-state index in [1.54, 1.807) is 0 Å². The lowest BCUT2D eigenvalue weighted by Gasteiger charge is -2.36. The number of nitrogens with one attached hydrogen (secondary N) is 3. The summed E-state index contributed by atoms with van der Waals surface area (Å²) >= 11 is 1.87. The number of aromatic nitrogens is 4. The number of amides is 1. The molecular weight excluding hydrogens is 801 g/mol. The second kappa shape index (κ2) is 21.2. The molecule has 4 fully saturated rings. The zero-order chi connectivity index (χ0) is 43.6. The van der Waals surface area contributed by atoms with Gasteiger partial charge in [-0.15, -0.1) is 0 Å². The first-order chi connectivity index (χ1) is 30.2. The maximum atomic E-state index is 12.2. The van der Waals surface area contributed by atoms with E-state index in [-0.39, 0.29) is 12.1 Å². The van der Waals surface area contributed by atoms with Gasteiger partial charge in [-0.1, -0.05) is 37.5 Å². The minimum atomic E-state index is -0.486. The molecule has 4 aromatic rings. The molecule has 1 amide bonds. The van der Waals surface area contributed by atoms with Crippen LogP contribution in [0.3, 0.4) is 0 Å². The van der Waals surface area contributed by atoms with Crippen molar-refractivity contribution in [3.05, 3.63) is 65.4 Å². The van der Waals surface area contributed by atoms with E-state index < -0.39 is 11.5 Å². The summed E-state index contributed by atoms with van der Waals surface area (Å²) in [7, 11) is 6.00. The number of likely N-dealkylation sites (tertiary alicyclic amines) is 1. The van der Waals surface area contributed by atoms with Crippen molar-refractivity contribution in [2.24, 2.45) is 7.05 Å². The summed E-state index contributed by atoms with van der Waals surface area (Å²) in [6.45, 7) is 6.96. The van der Waals surface area contributed by atoms with Crippen molar-refractivity contribution >= 4 is 59.4 Å². The van der Waals surface area contributed by atoms with Crippen LogP contribution < -0.4 is 20.9 Å². The van der Waals surface area contributed by atoms with Crippen molar-refractivity contribution in [1.29, 1.82) is 0 Å². The molecule has 2 aromatic heterocycles. The molecule has 2 aliphatic carbocycles. The van der Waals surface area contributed by atoms with Crippen LogP contribution in [0.1, 0.15) is 113 Å². The van der Waals surface area contributed by atoms with Gasteiger partial charge in [0.05, 0.1) is 23.1 Å². The van der Waals surface area contributed by atoms with Gasteiger partial charge in [-0.25, -0.2) is 9.29 Å². The Bertz CT molecular complexity index is 2110. The molecule has 2 saturated heterocycles. The number of hydrogen-bond donors (Lipinski definition) is 4. The number of anilines is 3. The monoisotopic (exact) mass is 866 g/mol. The van der Waals surface area contributed by atoms with E-state index in [2.05, 4.69) is 84.5 Å². The van der Waals surface area contributed by atoms with Gasteiger partial charge in [0.15, 0.2) is 5.82 Å². The summed E-state index contributed by atoms with van der Waals surface area (Å²) in [4.78, 5) is 47.1. The predicted molar refractivity (Wildman–Crippen MR) is 248 cm³/mol. The number of benzene rings is 2. The van der Waals surface area contributed by atoms with Gasteiger partial charge in [0.1, 0.15) is 18.4 Å². The van der Waals surface area contributed by atoms with E-state index in [4.69, 9.17) is 9.97 Å². The molecule has 8 rings (SSSR count). The van der Waals surface area contributed by atoms with Crippen molar-refractivity contribution in [1.82, 2.24) is 34.3 Å². The maximum absolute atomic E-state index is 12.2. The highest BCUT2D eigenvalue weighted by molar-refractivity contribution is 7.97. The first kappa shape index (κ1) is 45.5. The molecule has 334 valence electrons. The fraction of sp³-hybridized carbons (Fsp3) is 0.574. The molecule has 14 nitrogen and oxygen atoms in total. The highest BCUT2D eigenvalue weighted by Crippen LogP contribution is 2.49. The molecule has 2 aromatic carbocycles. The Hall–Kier alpha value is -4.57. The molecule has 4 N–H and O–H groups in total. The number of carbonyl (C=O) groups excluding carboxylic acids is 3. The van der Waals surface area contributed by atoms with E-state index >= 15 is 0 Å². The zero-order valence-electron chi connectivity index (χ0n) is 37.0. The number of aldehydes is 2. The first-order valence-corrected chi connectivity index (χ1v) is 23.5. The smallest absolute Gasteiger partial charge is 0.224 e. The number of aliphatic hydroxyl groups excluding tert-OH is 1. The Morgan fingerprint density at radius 1 is 0.984 bits per heavy atom. The molecule has 1 unspecified atom stereocenters. The minimum Gasteiger partial charge on any atom is -0.391 e. The third kappa shape index (κ3) is 10.8. The highest BCUT2D eigenvalue weighted by Gasteiger charge is 2.48. The molecule has 4 heterocycles. The second-order valence-electron chi connectivity index (χ2n) is 17.6. The molecule has 2 aliphatic heterocycles. The lowest BCUT2D eigenvalue weighted by Crippen LogP contribution is -2.42. The van der Waals surface area contributed by atoms with Crippen molar-refractivity contribution in [3.8, 4) is 0 Å². The van der Waals surface area contributed by atoms with Crippen molar-refractivity contribution in [2.45, 2.75) is 124 Å². The fourth-order valence-corrected chi connectivity index (χ4v) is 10.5. The summed E-state index contributed by atoms with van der Waals surface area (Å²) in [5.74, 6) is 2.93. The van der Waals surface area contributed by atoms with Gasteiger partial charge in [0, 0.05) is 81.3 Å². The molecule has 0 spiro atoms. The van der Waals surface area contributed by atoms with Crippen LogP contribution in [0.4, 0.5) is 17.6 Å². The highest BCUT2D eigenvalue weighted by atomic mass is 32.2. The summed E-state index contributed by atoms with van der Waals surface area (Å²) in [5.41, 5.74) is 4.43. The Kier molecular flexibility index (Phi) is 15.5.